The number of hydrogen-bond acceptors (Lipinski definition) is 6. The molecule has 7 nitrogen and oxygen atoms in total. The Morgan fingerprint density at radius 1 is 1.13 bits per heavy atom. The first-order valence-corrected chi connectivity index (χ1v) is 11.0. The molecule has 0 radical (unpaired) electrons. The van der Waals surface area contributed by atoms with Crippen molar-refractivity contribution in [3.05, 3.63) is 23.8 Å². The summed E-state index contributed by atoms with van der Waals surface area (Å²) in [6.45, 7) is 3.66. The normalized spacial score (nSPS) is 22.5. The van der Waals surface area contributed by atoms with Gasteiger partial charge in [0.2, 0.25) is 5.91 Å². The number of ether oxygens (including phenoxy) is 3. The van der Waals surface area contributed by atoms with Gasteiger partial charge in [0.25, 0.3) is 0 Å². The monoisotopic (exact) mass is 418 g/mol. The molecule has 1 saturated carbocycles. The van der Waals surface area contributed by atoms with Crippen molar-refractivity contribution >= 4 is 11.9 Å². The predicted molar refractivity (Wildman–Crippen MR) is 113 cm³/mol. The summed E-state index contributed by atoms with van der Waals surface area (Å²) in [5, 5.41) is 3.19. The van der Waals surface area contributed by atoms with Crippen molar-refractivity contribution in [1.29, 1.82) is 0 Å². The average Bonchev–Trinajstić information content (AvgIpc) is 3.16. The van der Waals surface area contributed by atoms with Gasteiger partial charge in [-0.05, 0) is 43.9 Å². The van der Waals surface area contributed by atoms with Gasteiger partial charge in [-0.15, -0.1) is 0 Å². The molecule has 1 saturated heterocycles. The third kappa shape index (κ3) is 5.45. The zero-order valence-electron chi connectivity index (χ0n) is 18.3. The van der Waals surface area contributed by atoms with Crippen molar-refractivity contribution in [1.82, 2.24) is 10.2 Å². The molecule has 1 heterocycles. The average molecular weight is 419 g/mol. The second-order valence-corrected chi connectivity index (χ2v) is 8.16. The number of carbonyl (C=O) groups excluding carboxylic acids is 2. The molecule has 1 N–H and O–H groups in total. The molecule has 2 fully saturated rings. The highest BCUT2D eigenvalue weighted by Gasteiger charge is 2.39. The van der Waals surface area contributed by atoms with Crippen LogP contribution in [0.5, 0.6) is 11.5 Å². The smallest absolute Gasteiger partial charge is 0.323 e. The van der Waals surface area contributed by atoms with E-state index in [1.807, 2.05) is 25.1 Å². The van der Waals surface area contributed by atoms with Crippen molar-refractivity contribution in [2.45, 2.75) is 64.1 Å². The first-order valence-electron chi connectivity index (χ1n) is 11.0. The topological polar surface area (TPSA) is 77.1 Å². The number of nitrogens with one attached hydrogen (secondary N) is 1. The molecule has 1 aliphatic carbocycles. The number of amides is 1. The largest absolute Gasteiger partial charge is 0.493 e. The van der Waals surface area contributed by atoms with Crippen molar-refractivity contribution in [2.75, 3.05) is 27.4 Å². The summed E-state index contributed by atoms with van der Waals surface area (Å²) in [5.41, 5.74) is 1.02. The summed E-state index contributed by atoms with van der Waals surface area (Å²) in [6.07, 6.45) is 5.97. The van der Waals surface area contributed by atoms with E-state index in [0.29, 0.717) is 37.6 Å². The number of likely N-dealkylation sites (tertiary alicyclic amines) is 1. The fourth-order valence-electron chi connectivity index (χ4n) is 4.57. The lowest BCUT2D eigenvalue weighted by Crippen LogP contribution is -2.41. The Hall–Kier alpha value is -2.28. The molecule has 166 valence electrons. The second-order valence-electron chi connectivity index (χ2n) is 8.16. The van der Waals surface area contributed by atoms with Gasteiger partial charge in [0.05, 0.1) is 20.8 Å². The maximum absolute atomic E-state index is 12.7. The quantitative estimate of drug-likeness (QED) is 0.654. The van der Waals surface area contributed by atoms with Crippen LogP contribution in [0.3, 0.4) is 0 Å². The molecule has 3 rings (SSSR count). The molecule has 30 heavy (non-hydrogen) atoms. The zero-order valence-corrected chi connectivity index (χ0v) is 18.3. The van der Waals surface area contributed by atoms with E-state index in [2.05, 4.69) is 10.2 Å². The van der Waals surface area contributed by atoms with Gasteiger partial charge in [-0.1, -0.05) is 25.3 Å². The van der Waals surface area contributed by atoms with Crippen LogP contribution in [-0.4, -0.2) is 56.2 Å². The fourth-order valence-corrected chi connectivity index (χ4v) is 4.57. The maximum atomic E-state index is 12.7. The molecular formula is C23H34N2O5. The molecule has 1 amide bonds. The summed E-state index contributed by atoms with van der Waals surface area (Å²) in [4.78, 5) is 27.2. The van der Waals surface area contributed by atoms with E-state index in [4.69, 9.17) is 14.2 Å². The Balaban J connectivity index is 1.68. The maximum Gasteiger partial charge on any atom is 0.323 e. The zero-order chi connectivity index (χ0) is 21.5. The molecule has 2 aliphatic rings. The van der Waals surface area contributed by atoms with Gasteiger partial charge in [0, 0.05) is 25.0 Å². The third-order valence-electron chi connectivity index (χ3n) is 6.11. The van der Waals surface area contributed by atoms with Crippen LogP contribution in [0, 0.1) is 5.92 Å². The van der Waals surface area contributed by atoms with Crippen LogP contribution in [0.25, 0.3) is 0 Å². The summed E-state index contributed by atoms with van der Waals surface area (Å²) in [6, 6.07) is 5.39. The number of esters is 1. The number of hydrogen-bond donors (Lipinski definition) is 1. The highest BCUT2D eigenvalue weighted by molar-refractivity contribution is 5.80. The van der Waals surface area contributed by atoms with Crippen LogP contribution >= 0.6 is 0 Å². The van der Waals surface area contributed by atoms with Gasteiger partial charge in [0.1, 0.15) is 6.04 Å². The minimum Gasteiger partial charge on any atom is -0.493 e. The molecule has 2 atom stereocenters. The number of nitrogens with zero attached hydrogens (tertiary/aromatic N) is 1. The Kier molecular flexibility index (Phi) is 7.96. The van der Waals surface area contributed by atoms with Gasteiger partial charge < -0.3 is 19.5 Å². The summed E-state index contributed by atoms with van der Waals surface area (Å²) in [7, 11) is 3.03. The highest BCUT2D eigenvalue weighted by Crippen LogP contribution is 2.30. The molecule has 0 unspecified atom stereocenters. The van der Waals surface area contributed by atoms with Crippen molar-refractivity contribution < 1.29 is 23.8 Å². The SMILES string of the molecule is CCOc1cc(CN2C[C@H](NC(=O)C3CCCCC3)C[C@H]2C(=O)OC)ccc1OC. The molecule has 0 aromatic heterocycles. The van der Waals surface area contributed by atoms with Gasteiger partial charge in [-0.25, -0.2) is 0 Å². The van der Waals surface area contributed by atoms with Crippen LogP contribution < -0.4 is 14.8 Å². The first kappa shape index (κ1) is 22.4. The molecule has 0 bridgehead atoms. The van der Waals surface area contributed by atoms with Crippen LogP contribution in [0.15, 0.2) is 18.2 Å². The van der Waals surface area contributed by atoms with E-state index in [1.54, 1.807) is 7.11 Å². The van der Waals surface area contributed by atoms with Gasteiger partial charge >= 0.3 is 5.97 Å². The first-order chi connectivity index (χ1) is 14.5. The second kappa shape index (κ2) is 10.7. The standard InChI is InChI=1S/C23H34N2O5/c1-4-30-21-12-16(10-11-20(21)28-2)14-25-15-18(13-19(25)23(27)29-3)24-22(26)17-8-6-5-7-9-17/h10-12,17-19H,4-9,13-15H2,1-3H3,(H,24,26)/t18-,19+/m1/s1. The van der Waals surface area contributed by atoms with E-state index >= 15 is 0 Å². The van der Waals surface area contributed by atoms with Crippen LogP contribution in [-0.2, 0) is 20.9 Å². The molecule has 1 aromatic rings. The van der Waals surface area contributed by atoms with Crippen molar-refractivity contribution in [3.8, 4) is 11.5 Å². The van der Waals surface area contributed by atoms with E-state index < -0.39 is 0 Å². The van der Waals surface area contributed by atoms with Crippen LogP contribution in [0.2, 0.25) is 0 Å². The molecule has 1 aliphatic heterocycles. The van der Waals surface area contributed by atoms with Crippen LogP contribution in [0.1, 0.15) is 51.0 Å². The van der Waals surface area contributed by atoms with E-state index in [0.717, 1.165) is 31.2 Å². The Morgan fingerprint density at radius 2 is 1.90 bits per heavy atom. The fraction of sp³-hybridized carbons (Fsp3) is 0.652. The molecular weight excluding hydrogens is 384 g/mol. The number of carbonyl (C=O) groups is 2. The summed E-state index contributed by atoms with van der Waals surface area (Å²) < 4.78 is 16.1. The lowest BCUT2D eigenvalue weighted by atomic mass is 9.88. The number of rotatable bonds is 8. The Morgan fingerprint density at radius 3 is 2.57 bits per heavy atom. The lowest BCUT2D eigenvalue weighted by molar-refractivity contribution is -0.146. The van der Waals surface area contributed by atoms with Crippen molar-refractivity contribution in [2.24, 2.45) is 5.92 Å². The Bertz CT molecular complexity index is 732. The van der Waals surface area contributed by atoms with Crippen molar-refractivity contribution in [3.63, 3.8) is 0 Å². The highest BCUT2D eigenvalue weighted by atomic mass is 16.5. The van der Waals surface area contributed by atoms with Gasteiger partial charge in [-0.3, -0.25) is 14.5 Å². The summed E-state index contributed by atoms with van der Waals surface area (Å²) >= 11 is 0. The van der Waals surface area contributed by atoms with Gasteiger partial charge in [0.15, 0.2) is 11.5 Å². The van der Waals surface area contributed by atoms with Gasteiger partial charge in [-0.2, -0.15) is 0 Å². The molecule has 0 spiro atoms. The minimum absolute atomic E-state index is 0.0480. The number of methoxy groups -OCH3 is 2. The van der Waals surface area contributed by atoms with E-state index in [-0.39, 0.29) is 29.9 Å². The molecule has 1 aromatic carbocycles. The predicted octanol–water partition coefficient (Wildman–Crippen LogP) is 2.91. The Labute approximate surface area is 179 Å². The third-order valence-corrected chi connectivity index (χ3v) is 6.11. The summed E-state index contributed by atoms with van der Waals surface area (Å²) in [5.74, 6) is 1.36. The van der Waals surface area contributed by atoms with E-state index in [9.17, 15) is 9.59 Å². The number of benzene rings is 1. The van der Waals surface area contributed by atoms with E-state index in [1.165, 1.54) is 13.5 Å². The lowest BCUT2D eigenvalue weighted by Gasteiger charge is -2.24. The van der Waals surface area contributed by atoms with Crippen LogP contribution in [0.4, 0.5) is 0 Å². The molecule has 7 heteroatoms. The minimum atomic E-state index is -0.371.